The Morgan fingerprint density at radius 2 is 1.77 bits per heavy atom. The van der Waals surface area contributed by atoms with Gasteiger partial charge in [-0.05, 0) is 46.1 Å². The molecule has 1 amide bonds. The molecule has 1 aromatic rings. The van der Waals surface area contributed by atoms with E-state index in [2.05, 4.69) is 9.97 Å². The van der Waals surface area contributed by atoms with Gasteiger partial charge in [0.05, 0.1) is 24.5 Å². The number of ether oxygens (including phenoxy) is 3. The minimum Gasteiger partial charge on any atom is -0.444 e. The van der Waals surface area contributed by atoms with E-state index < -0.39 is 59.1 Å². The smallest absolute Gasteiger partial charge is 0.410 e. The SMILES string of the molecule is CC(C)(C)OC(=O)N1CCCN(c2nccc(C(=O)C3CC(F)(F)CC4(CCCCC45OCCO5)C3=O)n2)CC1. The van der Waals surface area contributed by atoms with Crippen LogP contribution < -0.4 is 4.90 Å². The molecule has 2 saturated carbocycles. The summed E-state index contributed by atoms with van der Waals surface area (Å²) in [6.07, 6.45) is 1.92. The minimum atomic E-state index is -3.24. The van der Waals surface area contributed by atoms with Crippen LogP contribution in [0.4, 0.5) is 19.5 Å². The van der Waals surface area contributed by atoms with Crippen molar-refractivity contribution in [3.63, 3.8) is 0 Å². The van der Waals surface area contributed by atoms with E-state index in [4.69, 9.17) is 14.2 Å². The van der Waals surface area contributed by atoms with Crippen molar-refractivity contribution in [1.29, 1.82) is 0 Å². The number of ketones is 2. The number of hydrogen-bond acceptors (Lipinski definition) is 9. The van der Waals surface area contributed by atoms with E-state index >= 15 is 8.78 Å². The van der Waals surface area contributed by atoms with E-state index in [1.54, 1.807) is 4.90 Å². The van der Waals surface area contributed by atoms with E-state index in [9.17, 15) is 14.4 Å². The number of aromatic nitrogens is 2. The predicted octanol–water partition coefficient (Wildman–Crippen LogP) is 4.02. The van der Waals surface area contributed by atoms with Crippen LogP contribution in [0.5, 0.6) is 0 Å². The second-order valence-corrected chi connectivity index (χ2v) is 12.3. The predicted molar refractivity (Wildman–Crippen MR) is 139 cm³/mol. The number of anilines is 1. The molecule has 2 aliphatic heterocycles. The maximum absolute atomic E-state index is 15.3. The number of nitrogens with zero attached hydrogens (tertiary/aromatic N) is 4. The Balaban J connectivity index is 1.35. The molecular weight excluding hydrogens is 526 g/mol. The van der Waals surface area contributed by atoms with Gasteiger partial charge in [0.2, 0.25) is 5.95 Å². The Bertz CT molecular complexity index is 1150. The fourth-order valence-corrected chi connectivity index (χ4v) is 6.60. The van der Waals surface area contributed by atoms with E-state index in [-0.39, 0.29) is 31.3 Å². The number of rotatable bonds is 3. The molecule has 0 aromatic carbocycles. The van der Waals surface area contributed by atoms with Crippen molar-refractivity contribution < 1.29 is 37.4 Å². The van der Waals surface area contributed by atoms with Crippen LogP contribution in [0.25, 0.3) is 0 Å². The van der Waals surface area contributed by atoms with Crippen LogP contribution in [0.3, 0.4) is 0 Å². The molecule has 2 unspecified atom stereocenters. The maximum Gasteiger partial charge on any atom is 0.410 e. The highest BCUT2D eigenvalue weighted by Crippen LogP contribution is 2.59. The fourth-order valence-electron chi connectivity index (χ4n) is 6.60. The maximum atomic E-state index is 15.3. The van der Waals surface area contributed by atoms with Crippen LogP contribution in [0.2, 0.25) is 0 Å². The molecule has 12 heteroatoms. The lowest BCUT2D eigenvalue weighted by Crippen LogP contribution is -2.63. The first-order valence-electron chi connectivity index (χ1n) is 14.2. The second kappa shape index (κ2) is 10.6. The van der Waals surface area contributed by atoms with Crippen molar-refractivity contribution in [2.45, 2.75) is 83.0 Å². The van der Waals surface area contributed by atoms with Crippen LogP contribution in [-0.2, 0) is 19.0 Å². The Kier molecular flexibility index (Phi) is 7.62. The topological polar surface area (TPSA) is 111 Å². The van der Waals surface area contributed by atoms with Gasteiger partial charge in [0, 0.05) is 51.6 Å². The molecule has 3 heterocycles. The van der Waals surface area contributed by atoms with Crippen LogP contribution >= 0.6 is 0 Å². The normalized spacial score (nSPS) is 28.5. The van der Waals surface area contributed by atoms with Crippen molar-refractivity contribution in [2.24, 2.45) is 11.3 Å². The number of amides is 1. The van der Waals surface area contributed by atoms with Gasteiger partial charge < -0.3 is 24.0 Å². The van der Waals surface area contributed by atoms with Crippen LogP contribution in [-0.4, -0.2) is 89.2 Å². The molecule has 2 atom stereocenters. The third-order valence-corrected chi connectivity index (χ3v) is 8.34. The summed E-state index contributed by atoms with van der Waals surface area (Å²) in [5, 5.41) is 0. The average Bonchev–Trinajstić information content (AvgIpc) is 3.22. The van der Waals surface area contributed by atoms with Gasteiger partial charge in [-0.15, -0.1) is 0 Å². The molecule has 4 aliphatic rings. The largest absolute Gasteiger partial charge is 0.444 e. The number of alkyl halides is 2. The molecule has 5 rings (SSSR count). The lowest BCUT2D eigenvalue weighted by molar-refractivity contribution is -0.272. The molecule has 10 nitrogen and oxygen atoms in total. The van der Waals surface area contributed by atoms with Crippen LogP contribution in [0, 0.1) is 11.3 Å². The van der Waals surface area contributed by atoms with Gasteiger partial charge in [0.25, 0.3) is 5.92 Å². The van der Waals surface area contributed by atoms with Crippen LogP contribution in [0.15, 0.2) is 12.3 Å². The molecule has 220 valence electrons. The lowest BCUT2D eigenvalue weighted by atomic mass is 9.56. The van der Waals surface area contributed by atoms with Crippen LogP contribution in [0.1, 0.15) is 76.2 Å². The van der Waals surface area contributed by atoms with Gasteiger partial charge in [-0.1, -0.05) is 6.42 Å². The molecule has 40 heavy (non-hydrogen) atoms. The summed E-state index contributed by atoms with van der Waals surface area (Å²) in [5.74, 6) is -7.23. The van der Waals surface area contributed by atoms with Crippen molar-refractivity contribution >= 4 is 23.6 Å². The highest BCUT2D eigenvalue weighted by Gasteiger charge is 2.68. The summed E-state index contributed by atoms with van der Waals surface area (Å²) in [7, 11) is 0. The third-order valence-electron chi connectivity index (χ3n) is 8.34. The number of hydrogen-bond donors (Lipinski definition) is 0. The first kappa shape index (κ1) is 28.8. The standard InChI is InChI=1S/C28H38F2N4O6/c1-25(2,3)40-24(37)34-12-6-11-33(13-14-34)23-31-10-7-20(32-23)21(35)19-17-27(29,30)18-26(22(19)36)8-4-5-9-28(26)38-15-16-39-28/h7,10,19H,4-6,8-9,11-18H2,1-3H3. The molecule has 2 spiro atoms. The quantitative estimate of drug-likeness (QED) is 0.397. The van der Waals surface area contributed by atoms with Gasteiger partial charge in [-0.2, -0.15) is 0 Å². The number of Topliss-reactive ketones (excluding diaryl/α,β-unsaturated/α-hetero) is 2. The zero-order valence-corrected chi connectivity index (χ0v) is 23.4. The fraction of sp³-hybridized carbons (Fsp3) is 0.750. The summed E-state index contributed by atoms with van der Waals surface area (Å²) in [6, 6.07) is 1.36. The summed E-state index contributed by atoms with van der Waals surface area (Å²) in [6.45, 7) is 7.67. The number of fused-ring (bicyclic) bond motifs is 1. The minimum absolute atomic E-state index is 0.0810. The molecule has 0 N–H and O–H groups in total. The summed E-state index contributed by atoms with van der Waals surface area (Å²) >= 11 is 0. The van der Waals surface area contributed by atoms with Crippen molar-refractivity contribution in [2.75, 3.05) is 44.3 Å². The molecule has 0 radical (unpaired) electrons. The first-order chi connectivity index (χ1) is 18.8. The number of carbonyl (C=O) groups excluding carboxylic acids is 3. The summed E-state index contributed by atoms with van der Waals surface area (Å²) < 4.78 is 47.8. The van der Waals surface area contributed by atoms with E-state index in [0.29, 0.717) is 51.9 Å². The van der Waals surface area contributed by atoms with Crippen molar-refractivity contribution in [3.8, 4) is 0 Å². The third kappa shape index (κ3) is 5.44. The van der Waals surface area contributed by atoms with E-state index in [1.165, 1.54) is 12.3 Å². The van der Waals surface area contributed by atoms with Gasteiger partial charge >= 0.3 is 6.09 Å². The van der Waals surface area contributed by atoms with Crippen molar-refractivity contribution in [1.82, 2.24) is 14.9 Å². The molecule has 0 bridgehead atoms. The Morgan fingerprint density at radius 3 is 2.50 bits per heavy atom. The lowest BCUT2D eigenvalue weighted by Gasteiger charge is -2.53. The Morgan fingerprint density at radius 1 is 1.05 bits per heavy atom. The molecule has 4 fully saturated rings. The average molecular weight is 565 g/mol. The highest BCUT2D eigenvalue weighted by atomic mass is 19.3. The van der Waals surface area contributed by atoms with E-state index in [0.717, 1.165) is 0 Å². The van der Waals surface area contributed by atoms with Gasteiger partial charge in [0.1, 0.15) is 11.3 Å². The molecular formula is C28H38F2N4O6. The van der Waals surface area contributed by atoms with Crippen molar-refractivity contribution in [3.05, 3.63) is 18.0 Å². The highest BCUT2D eigenvalue weighted by molar-refractivity contribution is 6.12. The molecule has 2 aliphatic carbocycles. The summed E-state index contributed by atoms with van der Waals surface area (Å²) in [4.78, 5) is 52.4. The zero-order chi connectivity index (χ0) is 28.8. The van der Waals surface area contributed by atoms with E-state index in [1.807, 2.05) is 25.7 Å². The van der Waals surface area contributed by atoms with Gasteiger partial charge in [-0.25, -0.2) is 23.5 Å². The summed E-state index contributed by atoms with van der Waals surface area (Å²) in [5.41, 5.74) is -2.27. The molecule has 2 saturated heterocycles. The van der Waals surface area contributed by atoms with Gasteiger partial charge in [-0.3, -0.25) is 9.59 Å². The Labute approximate surface area is 232 Å². The number of carbonyl (C=O) groups is 3. The second-order valence-electron chi connectivity index (χ2n) is 12.3. The Hall–Kier alpha value is -2.73. The molecule has 1 aromatic heterocycles. The first-order valence-corrected chi connectivity index (χ1v) is 14.2. The van der Waals surface area contributed by atoms with Gasteiger partial charge in [0.15, 0.2) is 17.4 Å². The monoisotopic (exact) mass is 564 g/mol. The number of halogens is 2. The zero-order valence-electron chi connectivity index (χ0n) is 23.4.